The molecule has 0 radical (unpaired) electrons. The summed E-state index contributed by atoms with van der Waals surface area (Å²) >= 11 is 6.22. The van der Waals surface area contributed by atoms with E-state index in [-0.39, 0.29) is 6.04 Å². The summed E-state index contributed by atoms with van der Waals surface area (Å²) in [4.78, 5) is 0. The minimum absolute atomic E-state index is 0.0662. The average molecular weight is 259 g/mol. The van der Waals surface area contributed by atoms with Crippen molar-refractivity contribution in [1.29, 1.82) is 0 Å². The summed E-state index contributed by atoms with van der Waals surface area (Å²) in [7, 11) is 0. The standard InChI is InChI=1S/C12H23ClN4/c1-4-6-9(3)11(16-14)12-10(13)8-15-17(12)7-5-2/h8-9,11,16H,4-7,14H2,1-3H3. The van der Waals surface area contributed by atoms with E-state index < -0.39 is 0 Å². The average Bonchev–Trinajstić information content (AvgIpc) is 2.64. The van der Waals surface area contributed by atoms with Gasteiger partial charge in [0, 0.05) is 6.54 Å². The van der Waals surface area contributed by atoms with Crippen LogP contribution in [0.15, 0.2) is 6.20 Å². The van der Waals surface area contributed by atoms with Gasteiger partial charge < -0.3 is 0 Å². The Morgan fingerprint density at radius 3 is 2.71 bits per heavy atom. The molecule has 0 spiro atoms. The zero-order valence-electron chi connectivity index (χ0n) is 10.9. The lowest BCUT2D eigenvalue weighted by Crippen LogP contribution is -2.34. The van der Waals surface area contributed by atoms with E-state index in [0.29, 0.717) is 10.9 Å². The maximum atomic E-state index is 6.22. The first-order chi connectivity index (χ1) is 8.15. The van der Waals surface area contributed by atoms with Gasteiger partial charge in [0.15, 0.2) is 0 Å². The van der Waals surface area contributed by atoms with Gasteiger partial charge >= 0.3 is 0 Å². The zero-order valence-corrected chi connectivity index (χ0v) is 11.7. The van der Waals surface area contributed by atoms with Crippen LogP contribution in [0, 0.1) is 5.92 Å². The Balaban J connectivity index is 2.97. The number of hydrogen-bond acceptors (Lipinski definition) is 3. The highest BCUT2D eigenvalue weighted by Gasteiger charge is 2.24. The summed E-state index contributed by atoms with van der Waals surface area (Å²) < 4.78 is 1.96. The van der Waals surface area contributed by atoms with E-state index in [1.54, 1.807) is 6.20 Å². The van der Waals surface area contributed by atoms with Gasteiger partial charge in [-0.3, -0.25) is 16.0 Å². The summed E-state index contributed by atoms with van der Waals surface area (Å²) in [6, 6.07) is 0.0662. The molecule has 0 aromatic carbocycles. The second-order valence-electron chi connectivity index (χ2n) is 4.51. The number of aromatic nitrogens is 2. The third-order valence-corrected chi connectivity index (χ3v) is 3.35. The molecule has 0 saturated carbocycles. The Bertz CT molecular complexity index is 337. The first-order valence-corrected chi connectivity index (χ1v) is 6.70. The van der Waals surface area contributed by atoms with Gasteiger partial charge in [-0.1, -0.05) is 38.8 Å². The Morgan fingerprint density at radius 1 is 1.47 bits per heavy atom. The summed E-state index contributed by atoms with van der Waals surface area (Å²) in [6.07, 6.45) is 4.99. The minimum atomic E-state index is 0.0662. The maximum Gasteiger partial charge on any atom is 0.0834 e. The lowest BCUT2D eigenvalue weighted by molar-refractivity contribution is 0.345. The number of nitrogens with zero attached hydrogens (tertiary/aromatic N) is 2. The van der Waals surface area contributed by atoms with Crippen molar-refractivity contribution in [2.45, 2.75) is 52.6 Å². The van der Waals surface area contributed by atoms with Gasteiger partial charge in [-0.2, -0.15) is 5.10 Å². The van der Waals surface area contributed by atoms with Crippen molar-refractivity contribution < 1.29 is 0 Å². The zero-order chi connectivity index (χ0) is 12.8. The molecular formula is C12H23ClN4. The highest BCUT2D eigenvalue weighted by atomic mass is 35.5. The fourth-order valence-corrected chi connectivity index (χ4v) is 2.46. The summed E-state index contributed by atoms with van der Waals surface area (Å²) in [5.41, 5.74) is 3.89. The molecule has 3 N–H and O–H groups in total. The van der Waals surface area contributed by atoms with Crippen LogP contribution in [0.3, 0.4) is 0 Å². The molecule has 0 aliphatic heterocycles. The van der Waals surface area contributed by atoms with Gasteiger partial charge in [0.05, 0.1) is 23.0 Å². The second kappa shape index (κ2) is 6.99. The van der Waals surface area contributed by atoms with Crippen molar-refractivity contribution in [3.05, 3.63) is 16.9 Å². The monoisotopic (exact) mass is 258 g/mol. The third kappa shape index (κ3) is 3.44. The predicted octanol–water partition coefficient (Wildman–Crippen LogP) is 2.89. The van der Waals surface area contributed by atoms with Crippen LogP contribution in [0.5, 0.6) is 0 Å². The second-order valence-corrected chi connectivity index (χ2v) is 4.92. The molecule has 1 heterocycles. The van der Waals surface area contributed by atoms with Crippen LogP contribution in [-0.2, 0) is 6.54 Å². The Morgan fingerprint density at radius 2 is 2.18 bits per heavy atom. The van der Waals surface area contributed by atoms with Crippen molar-refractivity contribution >= 4 is 11.6 Å². The lowest BCUT2D eigenvalue weighted by atomic mass is 9.95. The van der Waals surface area contributed by atoms with E-state index in [1.165, 1.54) is 0 Å². The first kappa shape index (κ1) is 14.5. The van der Waals surface area contributed by atoms with Crippen LogP contribution < -0.4 is 11.3 Å². The van der Waals surface area contributed by atoms with E-state index in [0.717, 1.165) is 31.5 Å². The molecule has 17 heavy (non-hydrogen) atoms. The van der Waals surface area contributed by atoms with Gasteiger partial charge in [0.25, 0.3) is 0 Å². The molecule has 0 fully saturated rings. The van der Waals surface area contributed by atoms with Crippen molar-refractivity contribution in [3.8, 4) is 0 Å². The number of nitrogens with two attached hydrogens (primary N) is 1. The summed E-state index contributed by atoms with van der Waals surface area (Å²) in [6.45, 7) is 7.36. The largest absolute Gasteiger partial charge is 0.271 e. The van der Waals surface area contributed by atoms with Crippen molar-refractivity contribution in [1.82, 2.24) is 15.2 Å². The maximum absolute atomic E-state index is 6.22. The van der Waals surface area contributed by atoms with Crippen LogP contribution in [0.1, 0.15) is 51.8 Å². The molecule has 4 nitrogen and oxygen atoms in total. The number of aryl methyl sites for hydroxylation is 1. The molecule has 98 valence electrons. The molecule has 2 atom stereocenters. The predicted molar refractivity (Wildman–Crippen MR) is 71.7 cm³/mol. The number of halogens is 1. The van der Waals surface area contributed by atoms with Crippen LogP contribution in [-0.4, -0.2) is 9.78 Å². The van der Waals surface area contributed by atoms with Gasteiger partial charge in [-0.15, -0.1) is 0 Å². The highest BCUT2D eigenvalue weighted by Crippen LogP contribution is 2.30. The highest BCUT2D eigenvalue weighted by molar-refractivity contribution is 6.31. The number of hydrogen-bond donors (Lipinski definition) is 2. The number of hydrazine groups is 1. The molecule has 0 bridgehead atoms. The fraction of sp³-hybridized carbons (Fsp3) is 0.750. The number of nitrogens with one attached hydrogen (secondary N) is 1. The molecule has 1 aromatic rings. The Hall–Kier alpha value is -0.580. The normalized spacial score (nSPS) is 14.9. The molecular weight excluding hydrogens is 236 g/mol. The minimum Gasteiger partial charge on any atom is -0.271 e. The van der Waals surface area contributed by atoms with Crippen molar-refractivity contribution in [2.24, 2.45) is 11.8 Å². The van der Waals surface area contributed by atoms with Gasteiger partial charge in [-0.05, 0) is 18.8 Å². The quantitative estimate of drug-likeness (QED) is 0.584. The van der Waals surface area contributed by atoms with Crippen molar-refractivity contribution in [3.63, 3.8) is 0 Å². The topological polar surface area (TPSA) is 55.9 Å². The van der Waals surface area contributed by atoms with Crippen LogP contribution in [0.2, 0.25) is 5.02 Å². The van der Waals surface area contributed by atoms with Crippen LogP contribution >= 0.6 is 11.6 Å². The molecule has 5 heteroatoms. The molecule has 0 saturated heterocycles. The SMILES string of the molecule is CCCC(C)C(NN)c1c(Cl)cnn1CCC. The summed E-state index contributed by atoms with van der Waals surface area (Å²) in [5.74, 6) is 6.12. The van der Waals surface area contributed by atoms with E-state index >= 15 is 0 Å². The molecule has 1 rings (SSSR count). The smallest absolute Gasteiger partial charge is 0.0834 e. The van der Waals surface area contributed by atoms with Crippen LogP contribution in [0.4, 0.5) is 0 Å². The van der Waals surface area contributed by atoms with E-state index in [4.69, 9.17) is 17.4 Å². The summed E-state index contributed by atoms with van der Waals surface area (Å²) in [5, 5.41) is 5.00. The molecule has 2 unspecified atom stereocenters. The lowest BCUT2D eigenvalue weighted by Gasteiger charge is -2.24. The van der Waals surface area contributed by atoms with Gasteiger partial charge in [0.2, 0.25) is 0 Å². The van der Waals surface area contributed by atoms with Crippen LogP contribution in [0.25, 0.3) is 0 Å². The van der Waals surface area contributed by atoms with Gasteiger partial charge in [-0.25, -0.2) is 0 Å². The van der Waals surface area contributed by atoms with E-state index in [1.807, 2.05) is 4.68 Å². The third-order valence-electron chi connectivity index (χ3n) is 3.06. The molecule has 0 amide bonds. The fourth-order valence-electron chi connectivity index (χ4n) is 2.21. The first-order valence-electron chi connectivity index (χ1n) is 6.32. The molecule has 0 aliphatic rings. The Labute approximate surface area is 108 Å². The van der Waals surface area contributed by atoms with E-state index in [9.17, 15) is 0 Å². The number of rotatable bonds is 7. The van der Waals surface area contributed by atoms with Gasteiger partial charge in [0.1, 0.15) is 0 Å². The van der Waals surface area contributed by atoms with E-state index in [2.05, 4.69) is 31.3 Å². The Kier molecular flexibility index (Phi) is 5.95. The molecule has 0 aliphatic carbocycles. The molecule has 1 aromatic heterocycles. The van der Waals surface area contributed by atoms with Crippen molar-refractivity contribution in [2.75, 3.05) is 0 Å².